The van der Waals surface area contributed by atoms with Crippen molar-refractivity contribution in [2.75, 3.05) is 11.9 Å². The minimum atomic E-state index is -0.0948. The molecule has 0 spiro atoms. The zero-order valence-electron chi connectivity index (χ0n) is 10.5. The van der Waals surface area contributed by atoms with Gasteiger partial charge in [0.1, 0.15) is 0 Å². The molecule has 2 N–H and O–H groups in total. The Balaban J connectivity index is 1.66. The van der Waals surface area contributed by atoms with Crippen LogP contribution in [0.25, 0.3) is 0 Å². The lowest BCUT2D eigenvalue weighted by Crippen LogP contribution is -2.16. The minimum absolute atomic E-state index is 0.0948. The number of hydrogen-bond donors (Lipinski definition) is 2. The van der Waals surface area contributed by atoms with Gasteiger partial charge >= 0.3 is 5.69 Å². The first-order valence-corrected chi connectivity index (χ1v) is 8.06. The van der Waals surface area contributed by atoms with Crippen LogP contribution in [0.15, 0.2) is 16.1 Å². The molecule has 8 heteroatoms. The van der Waals surface area contributed by atoms with E-state index in [4.69, 9.17) is 0 Å². The Labute approximate surface area is 118 Å². The molecule has 6 nitrogen and oxygen atoms in total. The highest BCUT2D eigenvalue weighted by Crippen LogP contribution is 2.36. The van der Waals surface area contributed by atoms with Gasteiger partial charge in [-0.15, -0.1) is 16.4 Å². The zero-order valence-corrected chi connectivity index (χ0v) is 12.2. The first kappa shape index (κ1) is 12.7. The van der Waals surface area contributed by atoms with Crippen molar-refractivity contribution in [1.82, 2.24) is 19.7 Å². The van der Waals surface area contributed by atoms with Crippen molar-refractivity contribution in [2.24, 2.45) is 0 Å². The summed E-state index contributed by atoms with van der Waals surface area (Å²) in [5.41, 5.74) is -0.0948. The van der Waals surface area contributed by atoms with E-state index >= 15 is 0 Å². The quantitative estimate of drug-likeness (QED) is 0.799. The molecule has 2 aromatic rings. The zero-order chi connectivity index (χ0) is 13.2. The smallest absolute Gasteiger partial charge is 0.344 e. The summed E-state index contributed by atoms with van der Waals surface area (Å²) in [4.78, 5) is 17.1. The molecule has 1 fully saturated rings. The van der Waals surface area contributed by atoms with Gasteiger partial charge in [0.25, 0.3) is 0 Å². The van der Waals surface area contributed by atoms with Crippen LogP contribution in [-0.2, 0) is 5.75 Å². The normalized spacial score (nSPS) is 14.8. The average Bonchev–Trinajstić information content (AvgIpc) is 3.02. The maximum absolute atomic E-state index is 11.6. The molecule has 3 rings (SSSR count). The highest BCUT2D eigenvalue weighted by atomic mass is 32.2. The Morgan fingerprint density at radius 3 is 3.21 bits per heavy atom. The van der Waals surface area contributed by atoms with Gasteiger partial charge in [-0.3, -0.25) is 4.57 Å². The first-order chi connectivity index (χ1) is 9.28. The van der Waals surface area contributed by atoms with Gasteiger partial charge in [0.05, 0.1) is 0 Å². The summed E-state index contributed by atoms with van der Waals surface area (Å²) in [5, 5.41) is 11.5. The van der Waals surface area contributed by atoms with Gasteiger partial charge in [-0.05, 0) is 19.8 Å². The van der Waals surface area contributed by atoms with Crippen LogP contribution < -0.4 is 11.0 Å². The number of thioether (sulfide) groups is 1. The number of aromatic amines is 1. The molecule has 0 amide bonds. The topological polar surface area (TPSA) is 75.6 Å². The van der Waals surface area contributed by atoms with E-state index in [1.165, 1.54) is 4.88 Å². The van der Waals surface area contributed by atoms with E-state index in [1.807, 2.05) is 13.1 Å². The number of anilines is 1. The molecule has 1 saturated carbocycles. The number of nitrogens with zero attached hydrogens (tertiary/aromatic N) is 3. The molecular formula is C11H15N5OS2. The fraction of sp³-hybridized carbons (Fsp3) is 0.545. The first-order valence-electron chi connectivity index (χ1n) is 6.26. The summed E-state index contributed by atoms with van der Waals surface area (Å²) in [6.07, 6.45) is 4.04. The average molecular weight is 297 g/mol. The van der Waals surface area contributed by atoms with E-state index in [0.29, 0.717) is 6.04 Å². The lowest BCUT2D eigenvalue weighted by Gasteiger charge is -2.01. The van der Waals surface area contributed by atoms with Gasteiger partial charge in [0, 0.05) is 29.4 Å². The molecule has 1 aliphatic rings. The number of rotatable bonds is 6. The summed E-state index contributed by atoms with van der Waals surface area (Å²) in [5.74, 6) is 0.792. The predicted molar refractivity (Wildman–Crippen MR) is 77.0 cm³/mol. The summed E-state index contributed by atoms with van der Waals surface area (Å²) in [7, 11) is 0. The molecule has 0 atom stereocenters. The summed E-state index contributed by atoms with van der Waals surface area (Å²) >= 11 is 3.23. The van der Waals surface area contributed by atoms with Crippen molar-refractivity contribution in [3.8, 4) is 0 Å². The number of nitrogens with one attached hydrogen (secondary N) is 2. The largest absolute Gasteiger partial charge is 0.362 e. The van der Waals surface area contributed by atoms with Crippen LogP contribution in [0.2, 0.25) is 0 Å². The highest BCUT2D eigenvalue weighted by molar-refractivity contribution is 7.98. The molecule has 2 heterocycles. The standard InChI is InChI=1S/C11H15N5OS2/c1-2-12-9-13-5-8(19-9)6-18-11-15-14-10(17)16(11)7-3-4-7/h5,7H,2-4,6H2,1H3,(H,12,13)(H,14,17). The van der Waals surface area contributed by atoms with Crippen molar-refractivity contribution in [1.29, 1.82) is 0 Å². The van der Waals surface area contributed by atoms with Crippen LogP contribution in [-0.4, -0.2) is 26.3 Å². The van der Waals surface area contributed by atoms with Gasteiger partial charge in [-0.1, -0.05) is 11.8 Å². The van der Waals surface area contributed by atoms with Crippen molar-refractivity contribution in [2.45, 2.75) is 36.7 Å². The van der Waals surface area contributed by atoms with Crippen molar-refractivity contribution >= 4 is 28.2 Å². The van der Waals surface area contributed by atoms with Crippen LogP contribution >= 0.6 is 23.1 Å². The molecule has 0 radical (unpaired) electrons. The van der Waals surface area contributed by atoms with Crippen LogP contribution in [0.1, 0.15) is 30.7 Å². The van der Waals surface area contributed by atoms with Crippen LogP contribution in [0.3, 0.4) is 0 Å². The van der Waals surface area contributed by atoms with E-state index in [2.05, 4.69) is 20.5 Å². The summed E-state index contributed by atoms with van der Waals surface area (Å²) in [6.45, 7) is 2.93. The number of H-pyrrole nitrogens is 1. The van der Waals surface area contributed by atoms with E-state index in [-0.39, 0.29) is 5.69 Å². The fourth-order valence-corrected chi connectivity index (χ4v) is 3.70. The Morgan fingerprint density at radius 1 is 1.63 bits per heavy atom. The molecule has 2 aromatic heterocycles. The minimum Gasteiger partial charge on any atom is -0.362 e. The molecule has 0 unspecified atom stereocenters. The number of hydrogen-bond acceptors (Lipinski definition) is 6. The lowest BCUT2D eigenvalue weighted by atomic mass is 10.6. The Morgan fingerprint density at radius 2 is 2.47 bits per heavy atom. The second-order valence-corrected chi connectivity index (χ2v) is 6.42. The van der Waals surface area contributed by atoms with Crippen LogP contribution in [0.4, 0.5) is 5.13 Å². The molecule has 102 valence electrons. The summed E-state index contributed by atoms with van der Waals surface area (Å²) < 4.78 is 1.77. The SMILES string of the molecule is CCNc1ncc(CSc2n[nH]c(=O)n2C2CC2)s1. The van der Waals surface area contributed by atoms with Gasteiger partial charge in [0.15, 0.2) is 10.3 Å². The van der Waals surface area contributed by atoms with E-state index in [9.17, 15) is 4.79 Å². The van der Waals surface area contributed by atoms with E-state index in [0.717, 1.165) is 35.4 Å². The third kappa shape index (κ3) is 2.84. The third-order valence-electron chi connectivity index (χ3n) is 2.81. The molecule has 1 aliphatic carbocycles. The van der Waals surface area contributed by atoms with E-state index < -0.39 is 0 Å². The maximum Gasteiger partial charge on any atom is 0.344 e. The molecular weight excluding hydrogens is 282 g/mol. The molecule has 0 saturated heterocycles. The molecule has 0 aromatic carbocycles. The molecule has 0 bridgehead atoms. The monoisotopic (exact) mass is 297 g/mol. The predicted octanol–water partition coefficient (Wildman–Crippen LogP) is 2.09. The fourth-order valence-electron chi connectivity index (χ4n) is 1.79. The third-order valence-corrected chi connectivity index (χ3v) is 4.95. The number of thiazole rings is 1. The number of aromatic nitrogens is 4. The Kier molecular flexibility index (Phi) is 3.61. The molecule has 0 aliphatic heterocycles. The van der Waals surface area contributed by atoms with Crippen LogP contribution in [0, 0.1) is 0 Å². The molecule has 19 heavy (non-hydrogen) atoms. The maximum atomic E-state index is 11.6. The van der Waals surface area contributed by atoms with Crippen LogP contribution in [0.5, 0.6) is 0 Å². The Hall–Kier alpha value is -1.28. The lowest BCUT2D eigenvalue weighted by molar-refractivity contribution is 0.642. The second kappa shape index (κ2) is 5.38. The van der Waals surface area contributed by atoms with E-state index in [1.54, 1.807) is 27.7 Å². The van der Waals surface area contributed by atoms with Gasteiger partial charge < -0.3 is 5.32 Å². The van der Waals surface area contributed by atoms with Crippen molar-refractivity contribution < 1.29 is 0 Å². The second-order valence-electron chi connectivity index (χ2n) is 4.36. The van der Waals surface area contributed by atoms with Crippen molar-refractivity contribution in [3.63, 3.8) is 0 Å². The highest BCUT2D eigenvalue weighted by Gasteiger charge is 2.28. The van der Waals surface area contributed by atoms with Crippen molar-refractivity contribution in [3.05, 3.63) is 21.6 Å². The van der Waals surface area contributed by atoms with Gasteiger partial charge in [0.2, 0.25) is 0 Å². The Bertz CT molecular complexity index is 613. The van der Waals surface area contributed by atoms with Gasteiger partial charge in [-0.25, -0.2) is 14.9 Å². The summed E-state index contributed by atoms with van der Waals surface area (Å²) in [6, 6.07) is 0.354. The van der Waals surface area contributed by atoms with Gasteiger partial charge in [-0.2, -0.15) is 0 Å².